The molecule has 3 aromatic heterocycles. The van der Waals surface area contributed by atoms with Crippen LogP contribution in [0, 0.1) is 3.57 Å². The molecule has 4 rings (SSSR count). The first-order chi connectivity index (χ1) is 11.3. The molecule has 6 heteroatoms. The van der Waals surface area contributed by atoms with Crippen molar-refractivity contribution in [3.05, 3.63) is 63.8 Å². The molecule has 0 aliphatic carbocycles. The van der Waals surface area contributed by atoms with Gasteiger partial charge in [-0.05, 0) is 52.2 Å². The van der Waals surface area contributed by atoms with Gasteiger partial charge in [0.05, 0.1) is 11.1 Å². The summed E-state index contributed by atoms with van der Waals surface area (Å²) >= 11 is 3.94. The van der Waals surface area contributed by atoms with Gasteiger partial charge in [-0.15, -0.1) is 21.5 Å². The molecule has 0 radical (unpaired) electrons. The lowest BCUT2D eigenvalue weighted by Gasteiger charge is -2.00. The molecule has 0 saturated heterocycles. The van der Waals surface area contributed by atoms with E-state index in [9.17, 15) is 0 Å². The van der Waals surface area contributed by atoms with E-state index in [0.29, 0.717) is 11.8 Å². The highest BCUT2D eigenvalue weighted by Crippen LogP contribution is 2.30. The number of halogens is 1. The average molecular weight is 431 g/mol. The van der Waals surface area contributed by atoms with Crippen LogP contribution in [0.1, 0.15) is 0 Å². The molecule has 4 aromatic rings. The van der Waals surface area contributed by atoms with Gasteiger partial charge in [0.2, 0.25) is 11.8 Å². The van der Waals surface area contributed by atoms with Gasteiger partial charge in [0.15, 0.2) is 0 Å². The lowest BCUT2D eigenvalue weighted by molar-refractivity contribution is 0.584. The summed E-state index contributed by atoms with van der Waals surface area (Å²) in [7, 11) is 0. The van der Waals surface area contributed by atoms with Crippen molar-refractivity contribution < 1.29 is 4.42 Å². The van der Waals surface area contributed by atoms with Crippen LogP contribution in [0.3, 0.4) is 0 Å². The molecule has 0 bridgehead atoms. The van der Waals surface area contributed by atoms with E-state index in [0.717, 1.165) is 25.1 Å². The molecule has 0 saturated carbocycles. The Labute approximate surface area is 150 Å². The fraction of sp³-hybridized carbons (Fsp3) is 0. The van der Waals surface area contributed by atoms with Crippen molar-refractivity contribution in [2.24, 2.45) is 0 Å². The molecule has 0 aliphatic heterocycles. The first kappa shape index (κ1) is 14.5. The predicted molar refractivity (Wildman–Crippen MR) is 99.0 cm³/mol. The smallest absolute Gasteiger partial charge is 0.249 e. The second-order valence-corrected chi connectivity index (χ2v) is 6.94. The molecular weight excluding hydrogens is 421 g/mol. The highest BCUT2D eigenvalue weighted by molar-refractivity contribution is 14.1. The average Bonchev–Trinajstić information content (AvgIpc) is 3.27. The maximum Gasteiger partial charge on any atom is 0.249 e. The molecule has 0 spiro atoms. The molecule has 0 amide bonds. The minimum absolute atomic E-state index is 0.477. The van der Waals surface area contributed by atoms with Gasteiger partial charge in [0.1, 0.15) is 0 Å². The fourth-order valence-corrected chi connectivity index (χ4v) is 3.54. The second-order valence-electron chi connectivity index (χ2n) is 4.83. The van der Waals surface area contributed by atoms with Crippen molar-refractivity contribution in [2.45, 2.75) is 0 Å². The number of hydrogen-bond donors (Lipinski definition) is 0. The maximum absolute atomic E-state index is 5.85. The number of pyridine rings is 1. The van der Waals surface area contributed by atoms with Crippen LogP contribution in [0.5, 0.6) is 0 Å². The third-order valence-electron chi connectivity index (χ3n) is 3.32. The lowest BCUT2D eigenvalue weighted by Crippen LogP contribution is -1.82. The van der Waals surface area contributed by atoms with Crippen LogP contribution in [0.4, 0.5) is 0 Å². The van der Waals surface area contributed by atoms with Crippen molar-refractivity contribution >= 4 is 33.9 Å². The number of benzene rings is 1. The van der Waals surface area contributed by atoms with Crippen LogP contribution in [0.15, 0.2) is 64.7 Å². The van der Waals surface area contributed by atoms with Crippen LogP contribution < -0.4 is 0 Å². The molecule has 0 unspecified atom stereocenters. The van der Waals surface area contributed by atoms with Crippen LogP contribution in [-0.2, 0) is 0 Å². The molecule has 4 nitrogen and oxygen atoms in total. The zero-order valence-electron chi connectivity index (χ0n) is 11.8. The number of aromatic nitrogens is 3. The summed E-state index contributed by atoms with van der Waals surface area (Å²) in [6, 6.07) is 14.0. The predicted octanol–water partition coefficient (Wildman–Crippen LogP) is 5.13. The van der Waals surface area contributed by atoms with Gasteiger partial charge >= 0.3 is 0 Å². The standard InChI is InChI=1S/C17H10IN3OS/c18-14-5-2-1-4-13(14)17-21-20-16(22-17)12-8-11(9-19-10-12)15-6-3-7-23-15/h1-10H. The summed E-state index contributed by atoms with van der Waals surface area (Å²) in [5.41, 5.74) is 2.81. The number of rotatable bonds is 3. The normalized spacial score (nSPS) is 10.8. The van der Waals surface area contributed by atoms with Crippen LogP contribution in [0.25, 0.3) is 33.3 Å². The van der Waals surface area contributed by atoms with Crippen molar-refractivity contribution in [1.82, 2.24) is 15.2 Å². The van der Waals surface area contributed by atoms with Gasteiger partial charge in [-0.1, -0.05) is 18.2 Å². The Morgan fingerprint density at radius 3 is 2.57 bits per heavy atom. The summed E-state index contributed by atoms with van der Waals surface area (Å²) in [4.78, 5) is 5.46. The van der Waals surface area contributed by atoms with Gasteiger partial charge in [0.25, 0.3) is 0 Å². The summed E-state index contributed by atoms with van der Waals surface area (Å²) in [5.74, 6) is 0.997. The first-order valence-corrected chi connectivity index (χ1v) is 8.85. The van der Waals surface area contributed by atoms with Crippen molar-refractivity contribution in [3.8, 4) is 33.3 Å². The van der Waals surface area contributed by atoms with Gasteiger partial charge < -0.3 is 4.42 Å². The SMILES string of the molecule is Ic1ccccc1-c1nnc(-c2cncc(-c3cccs3)c2)o1. The zero-order chi connectivity index (χ0) is 15.6. The quantitative estimate of drug-likeness (QED) is 0.422. The Bertz CT molecular complexity index is 950. The molecule has 23 heavy (non-hydrogen) atoms. The molecular formula is C17H10IN3OS. The largest absolute Gasteiger partial charge is 0.416 e. The molecule has 3 heterocycles. The maximum atomic E-state index is 5.85. The van der Waals surface area contributed by atoms with Gasteiger partial charge in [-0.2, -0.15) is 0 Å². The summed E-state index contributed by atoms with van der Waals surface area (Å²) in [6.07, 6.45) is 3.58. The molecule has 0 fully saturated rings. The minimum atomic E-state index is 0.477. The third kappa shape index (κ3) is 2.91. The van der Waals surface area contributed by atoms with E-state index in [1.807, 2.05) is 48.0 Å². The summed E-state index contributed by atoms with van der Waals surface area (Å²) < 4.78 is 6.92. The number of nitrogens with zero attached hydrogens (tertiary/aromatic N) is 3. The van der Waals surface area contributed by atoms with Gasteiger partial charge in [-0.3, -0.25) is 4.98 Å². The number of thiophene rings is 1. The van der Waals surface area contributed by atoms with E-state index in [1.54, 1.807) is 17.5 Å². The Hall–Kier alpha value is -2.06. The third-order valence-corrected chi connectivity index (χ3v) is 5.18. The van der Waals surface area contributed by atoms with Gasteiger partial charge in [-0.25, -0.2) is 0 Å². The first-order valence-electron chi connectivity index (χ1n) is 6.89. The Kier molecular flexibility index (Phi) is 3.92. The van der Waals surface area contributed by atoms with E-state index < -0.39 is 0 Å². The Morgan fingerprint density at radius 2 is 1.74 bits per heavy atom. The molecule has 0 aliphatic rings. The van der Waals surface area contributed by atoms with E-state index in [2.05, 4.69) is 43.8 Å². The lowest BCUT2D eigenvalue weighted by atomic mass is 10.2. The van der Waals surface area contributed by atoms with Crippen molar-refractivity contribution in [2.75, 3.05) is 0 Å². The van der Waals surface area contributed by atoms with E-state index in [1.165, 1.54) is 0 Å². The summed E-state index contributed by atoms with van der Waals surface area (Å²) in [6.45, 7) is 0. The Morgan fingerprint density at radius 1 is 0.913 bits per heavy atom. The zero-order valence-corrected chi connectivity index (χ0v) is 14.8. The second kappa shape index (κ2) is 6.21. The molecule has 0 N–H and O–H groups in total. The van der Waals surface area contributed by atoms with E-state index >= 15 is 0 Å². The minimum Gasteiger partial charge on any atom is -0.416 e. The van der Waals surface area contributed by atoms with Crippen LogP contribution >= 0.6 is 33.9 Å². The monoisotopic (exact) mass is 431 g/mol. The summed E-state index contributed by atoms with van der Waals surface area (Å²) in [5, 5.41) is 10.4. The molecule has 0 atom stereocenters. The van der Waals surface area contributed by atoms with E-state index in [4.69, 9.17) is 4.42 Å². The molecule has 1 aromatic carbocycles. The fourth-order valence-electron chi connectivity index (χ4n) is 2.22. The van der Waals surface area contributed by atoms with Crippen molar-refractivity contribution in [3.63, 3.8) is 0 Å². The van der Waals surface area contributed by atoms with Crippen LogP contribution in [0.2, 0.25) is 0 Å². The van der Waals surface area contributed by atoms with Gasteiger partial charge in [0, 0.05) is 26.4 Å². The highest BCUT2D eigenvalue weighted by atomic mass is 127. The van der Waals surface area contributed by atoms with Crippen LogP contribution in [-0.4, -0.2) is 15.2 Å². The number of hydrogen-bond acceptors (Lipinski definition) is 5. The Balaban J connectivity index is 1.73. The van der Waals surface area contributed by atoms with E-state index in [-0.39, 0.29) is 0 Å². The molecule has 112 valence electrons. The topological polar surface area (TPSA) is 51.8 Å². The van der Waals surface area contributed by atoms with Crippen molar-refractivity contribution in [1.29, 1.82) is 0 Å². The highest BCUT2D eigenvalue weighted by Gasteiger charge is 2.13.